The quantitative estimate of drug-likeness (QED) is 0.583. The van der Waals surface area contributed by atoms with Crippen LogP contribution in [0.3, 0.4) is 0 Å². The van der Waals surface area contributed by atoms with Gasteiger partial charge in [-0.25, -0.2) is 0 Å². The van der Waals surface area contributed by atoms with Crippen molar-refractivity contribution in [3.8, 4) is 11.3 Å². The number of aromatic amines is 1. The molecule has 0 saturated heterocycles. The number of aromatic nitrogens is 2. The molecule has 25 heavy (non-hydrogen) atoms. The standard InChI is InChI=1S/C21H17N3O/c25-21(13-15-6-8-20-17(12-15)10-11-22-20)24-18-7-9-19(23-14-18)16-4-2-1-3-5-16/h1-12,14,22H,13H2,(H,24,25). The lowest BCUT2D eigenvalue weighted by Gasteiger charge is -2.07. The van der Waals surface area contributed by atoms with Gasteiger partial charge in [0.25, 0.3) is 0 Å². The Kier molecular flexibility index (Phi) is 4.01. The maximum Gasteiger partial charge on any atom is 0.228 e. The SMILES string of the molecule is O=C(Cc1ccc2[nH]ccc2c1)Nc1ccc(-c2ccccc2)nc1. The molecular formula is C21H17N3O. The van der Waals surface area contributed by atoms with Crippen LogP contribution in [0.5, 0.6) is 0 Å². The highest BCUT2D eigenvalue weighted by Gasteiger charge is 2.06. The summed E-state index contributed by atoms with van der Waals surface area (Å²) in [7, 11) is 0. The molecule has 0 atom stereocenters. The Labute approximate surface area is 145 Å². The first-order valence-electron chi connectivity index (χ1n) is 8.15. The molecule has 1 amide bonds. The molecule has 122 valence electrons. The number of rotatable bonds is 4. The number of hydrogen-bond acceptors (Lipinski definition) is 2. The van der Waals surface area contributed by atoms with E-state index in [0.717, 1.165) is 27.7 Å². The zero-order valence-electron chi connectivity index (χ0n) is 13.6. The Morgan fingerprint density at radius 3 is 2.68 bits per heavy atom. The van der Waals surface area contributed by atoms with Gasteiger partial charge in [0.2, 0.25) is 5.91 Å². The molecule has 4 rings (SSSR count). The Balaban J connectivity index is 1.43. The Morgan fingerprint density at radius 1 is 1.00 bits per heavy atom. The first-order valence-corrected chi connectivity index (χ1v) is 8.15. The lowest BCUT2D eigenvalue weighted by atomic mass is 10.1. The normalized spacial score (nSPS) is 10.7. The van der Waals surface area contributed by atoms with E-state index in [1.54, 1.807) is 6.20 Å². The van der Waals surface area contributed by atoms with Crippen molar-refractivity contribution in [1.29, 1.82) is 0 Å². The van der Waals surface area contributed by atoms with Crippen LogP contribution in [-0.4, -0.2) is 15.9 Å². The highest BCUT2D eigenvalue weighted by atomic mass is 16.1. The molecule has 0 aliphatic rings. The molecule has 2 aromatic heterocycles. The predicted octanol–water partition coefficient (Wildman–Crippen LogP) is 4.41. The number of carbonyl (C=O) groups excluding carboxylic acids is 1. The third-order valence-electron chi connectivity index (χ3n) is 4.10. The van der Waals surface area contributed by atoms with Crippen LogP contribution in [0.15, 0.2) is 79.1 Å². The van der Waals surface area contributed by atoms with Gasteiger partial charge in [0.15, 0.2) is 0 Å². The van der Waals surface area contributed by atoms with E-state index in [4.69, 9.17) is 0 Å². The van der Waals surface area contributed by atoms with E-state index < -0.39 is 0 Å². The van der Waals surface area contributed by atoms with Crippen LogP contribution in [0.25, 0.3) is 22.2 Å². The second-order valence-corrected chi connectivity index (χ2v) is 5.92. The van der Waals surface area contributed by atoms with Crippen molar-refractivity contribution in [1.82, 2.24) is 9.97 Å². The Bertz CT molecular complexity index is 1000. The van der Waals surface area contributed by atoms with Crippen LogP contribution < -0.4 is 5.32 Å². The van der Waals surface area contributed by atoms with Gasteiger partial charge in [0.1, 0.15) is 0 Å². The van der Waals surface area contributed by atoms with E-state index in [-0.39, 0.29) is 5.91 Å². The summed E-state index contributed by atoms with van der Waals surface area (Å²) in [4.78, 5) is 19.8. The minimum atomic E-state index is -0.0517. The number of benzene rings is 2. The number of fused-ring (bicyclic) bond motifs is 1. The van der Waals surface area contributed by atoms with Crippen molar-refractivity contribution in [2.75, 3.05) is 5.32 Å². The lowest BCUT2D eigenvalue weighted by molar-refractivity contribution is -0.115. The minimum Gasteiger partial charge on any atom is -0.361 e. The van der Waals surface area contributed by atoms with Gasteiger partial charge in [-0.15, -0.1) is 0 Å². The molecule has 0 fully saturated rings. The number of amides is 1. The van der Waals surface area contributed by atoms with Crippen LogP contribution in [-0.2, 0) is 11.2 Å². The van der Waals surface area contributed by atoms with Gasteiger partial charge in [-0.1, -0.05) is 36.4 Å². The zero-order chi connectivity index (χ0) is 17.1. The van der Waals surface area contributed by atoms with E-state index >= 15 is 0 Å². The summed E-state index contributed by atoms with van der Waals surface area (Å²) in [5.41, 5.74) is 4.70. The fraction of sp³-hybridized carbons (Fsp3) is 0.0476. The number of nitrogens with zero attached hydrogens (tertiary/aromatic N) is 1. The van der Waals surface area contributed by atoms with Crippen molar-refractivity contribution in [2.24, 2.45) is 0 Å². The minimum absolute atomic E-state index is 0.0517. The van der Waals surface area contributed by atoms with E-state index in [9.17, 15) is 4.79 Å². The summed E-state index contributed by atoms with van der Waals surface area (Å²) in [6, 6.07) is 21.7. The molecule has 2 N–H and O–H groups in total. The molecule has 0 saturated carbocycles. The fourth-order valence-corrected chi connectivity index (χ4v) is 2.85. The third kappa shape index (κ3) is 3.43. The van der Waals surface area contributed by atoms with Crippen molar-refractivity contribution < 1.29 is 4.79 Å². The molecule has 0 aliphatic carbocycles. The first-order chi connectivity index (χ1) is 12.3. The Morgan fingerprint density at radius 2 is 1.88 bits per heavy atom. The summed E-state index contributed by atoms with van der Waals surface area (Å²) < 4.78 is 0. The lowest BCUT2D eigenvalue weighted by Crippen LogP contribution is -2.14. The first kappa shape index (κ1) is 15.1. The second-order valence-electron chi connectivity index (χ2n) is 5.92. The van der Waals surface area contributed by atoms with Crippen LogP contribution in [0.4, 0.5) is 5.69 Å². The molecule has 0 unspecified atom stereocenters. The molecule has 2 aromatic carbocycles. The van der Waals surface area contributed by atoms with Gasteiger partial charge in [-0.3, -0.25) is 9.78 Å². The maximum absolute atomic E-state index is 12.3. The van der Waals surface area contributed by atoms with Gasteiger partial charge in [-0.05, 0) is 41.3 Å². The highest BCUT2D eigenvalue weighted by molar-refractivity contribution is 5.93. The van der Waals surface area contributed by atoms with Gasteiger partial charge >= 0.3 is 0 Å². The van der Waals surface area contributed by atoms with E-state index in [1.165, 1.54) is 0 Å². The average Bonchev–Trinajstić information content (AvgIpc) is 3.11. The topological polar surface area (TPSA) is 57.8 Å². The second kappa shape index (κ2) is 6.61. The van der Waals surface area contributed by atoms with Crippen molar-refractivity contribution in [3.63, 3.8) is 0 Å². The van der Waals surface area contributed by atoms with Gasteiger partial charge < -0.3 is 10.3 Å². The third-order valence-corrected chi connectivity index (χ3v) is 4.10. The highest BCUT2D eigenvalue weighted by Crippen LogP contribution is 2.18. The molecule has 4 aromatic rings. The van der Waals surface area contributed by atoms with Gasteiger partial charge in [0.05, 0.1) is 24.0 Å². The summed E-state index contributed by atoms with van der Waals surface area (Å²) in [5.74, 6) is -0.0517. The van der Waals surface area contributed by atoms with Crippen LogP contribution in [0, 0.1) is 0 Å². The van der Waals surface area contributed by atoms with E-state index in [0.29, 0.717) is 12.1 Å². The smallest absolute Gasteiger partial charge is 0.228 e. The molecule has 0 spiro atoms. The number of nitrogens with one attached hydrogen (secondary N) is 2. The number of H-pyrrole nitrogens is 1. The molecule has 0 aliphatic heterocycles. The monoisotopic (exact) mass is 327 g/mol. The van der Waals surface area contributed by atoms with Crippen LogP contribution in [0.1, 0.15) is 5.56 Å². The van der Waals surface area contributed by atoms with Gasteiger partial charge in [-0.2, -0.15) is 0 Å². The molecule has 4 nitrogen and oxygen atoms in total. The maximum atomic E-state index is 12.3. The largest absolute Gasteiger partial charge is 0.361 e. The van der Waals surface area contributed by atoms with Gasteiger partial charge in [0, 0.05) is 17.3 Å². The number of pyridine rings is 1. The van der Waals surface area contributed by atoms with E-state index in [2.05, 4.69) is 15.3 Å². The van der Waals surface area contributed by atoms with Crippen molar-refractivity contribution in [3.05, 3.63) is 84.7 Å². The molecule has 0 radical (unpaired) electrons. The van der Waals surface area contributed by atoms with Crippen molar-refractivity contribution >= 4 is 22.5 Å². The molecule has 4 heteroatoms. The number of anilines is 1. The number of hydrogen-bond donors (Lipinski definition) is 2. The average molecular weight is 327 g/mol. The molecule has 2 heterocycles. The summed E-state index contributed by atoms with van der Waals surface area (Å²) in [5, 5.41) is 4.01. The van der Waals surface area contributed by atoms with Crippen molar-refractivity contribution in [2.45, 2.75) is 6.42 Å². The predicted molar refractivity (Wildman–Crippen MR) is 100 cm³/mol. The molecule has 0 bridgehead atoms. The van der Waals surface area contributed by atoms with Crippen LogP contribution in [0.2, 0.25) is 0 Å². The molecular weight excluding hydrogens is 310 g/mol. The zero-order valence-corrected chi connectivity index (χ0v) is 13.6. The summed E-state index contributed by atoms with van der Waals surface area (Å²) >= 11 is 0. The summed E-state index contributed by atoms with van der Waals surface area (Å²) in [6.45, 7) is 0. The number of carbonyl (C=O) groups is 1. The Hall–Kier alpha value is -3.40. The fourth-order valence-electron chi connectivity index (χ4n) is 2.85. The summed E-state index contributed by atoms with van der Waals surface area (Å²) in [6.07, 6.45) is 3.92. The van der Waals surface area contributed by atoms with Crippen LogP contribution >= 0.6 is 0 Å². The van der Waals surface area contributed by atoms with E-state index in [1.807, 2.05) is 72.9 Å².